The maximum Gasteiger partial charge on any atom is 0.105 e. The monoisotopic (exact) mass is 236 g/mol. The van der Waals surface area contributed by atoms with Crippen molar-refractivity contribution >= 4 is 21.4 Å². The molecule has 0 saturated carbocycles. The molecule has 4 nitrogen and oxygen atoms in total. The highest BCUT2D eigenvalue weighted by atomic mass is 79.9. The molecule has 0 unspecified atom stereocenters. The lowest BCUT2D eigenvalue weighted by Gasteiger charge is -1.92. The average Bonchev–Trinajstić information content (AvgIpc) is 2.49. The normalized spacial score (nSPS) is 10.2. The van der Waals surface area contributed by atoms with Gasteiger partial charge in [-0.05, 0) is 28.1 Å². The van der Waals surface area contributed by atoms with E-state index in [0.29, 0.717) is 6.42 Å². The summed E-state index contributed by atoms with van der Waals surface area (Å²) < 4.78 is 2.59. The molecule has 0 radical (unpaired) electrons. The molecule has 0 bridgehead atoms. The second-order valence-electron chi connectivity index (χ2n) is 2.55. The van der Waals surface area contributed by atoms with Crippen LogP contribution in [-0.4, -0.2) is 14.8 Å². The zero-order valence-corrected chi connectivity index (χ0v) is 8.19. The Hall–Kier alpha value is -1.41. The van der Waals surface area contributed by atoms with E-state index < -0.39 is 0 Å². The van der Waals surface area contributed by atoms with E-state index in [1.807, 2.05) is 24.4 Å². The minimum Gasteiger partial charge on any atom is -0.219 e. The molecule has 5 heteroatoms. The Morgan fingerprint density at radius 1 is 1.54 bits per heavy atom. The Kier molecular flexibility index (Phi) is 1.99. The number of nitriles is 1. The second kappa shape index (κ2) is 3.15. The van der Waals surface area contributed by atoms with Gasteiger partial charge < -0.3 is 0 Å². The van der Waals surface area contributed by atoms with E-state index in [-0.39, 0.29) is 0 Å². The van der Waals surface area contributed by atoms with Crippen molar-refractivity contribution in [3.8, 4) is 6.07 Å². The van der Waals surface area contributed by atoms with E-state index in [4.69, 9.17) is 5.26 Å². The molecule has 2 rings (SSSR count). The van der Waals surface area contributed by atoms with Gasteiger partial charge in [0.1, 0.15) is 5.69 Å². The Morgan fingerprint density at radius 3 is 3.15 bits per heavy atom. The number of fused-ring (bicyclic) bond motifs is 1. The lowest BCUT2D eigenvalue weighted by molar-refractivity contribution is 0.843. The van der Waals surface area contributed by atoms with Gasteiger partial charge in [-0.25, -0.2) is 4.52 Å². The third-order valence-corrected chi connectivity index (χ3v) is 2.17. The molecule has 0 N–H and O–H groups in total. The zero-order valence-electron chi connectivity index (χ0n) is 6.61. The van der Waals surface area contributed by atoms with Crippen LogP contribution in [0.25, 0.3) is 5.52 Å². The van der Waals surface area contributed by atoms with E-state index in [9.17, 15) is 0 Å². The number of halogens is 1. The number of aromatic nitrogens is 3. The largest absolute Gasteiger partial charge is 0.219 e. The standard InChI is InChI=1S/C8H5BrN4/c9-6-1-2-8-7(3-4-10)11-12-13(8)5-6/h1-2,5H,3H2. The lowest BCUT2D eigenvalue weighted by atomic mass is 10.3. The Labute approximate surface area is 82.9 Å². The van der Waals surface area contributed by atoms with Crippen molar-refractivity contribution in [2.24, 2.45) is 0 Å². The number of hydrogen-bond acceptors (Lipinski definition) is 3. The van der Waals surface area contributed by atoms with Crippen LogP contribution in [0.5, 0.6) is 0 Å². The first kappa shape index (κ1) is 8.20. The summed E-state index contributed by atoms with van der Waals surface area (Å²) in [5.74, 6) is 0. The molecule has 0 atom stereocenters. The molecule has 2 aromatic rings. The van der Waals surface area contributed by atoms with Gasteiger partial charge in [-0.15, -0.1) is 5.10 Å². The van der Waals surface area contributed by atoms with Crippen LogP contribution in [0.1, 0.15) is 5.69 Å². The van der Waals surface area contributed by atoms with Gasteiger partial charge >= 0.3 is 0 Å². The third-order valence-electron chi connectivity index (χ3n) is 1.70. The van der Waals surface area contributed by atoms with Crippen molar-refractivity contribution in [1.29, 1.82) is 5.26 Å². The van der Waals surface area contributed by atoms with Gasteiger partial charge in [-0.1, -0.05) is 5.21 Å². The van der Waals surface area contributed by atoms with Crippen LogP contribution in [0.15, 0.2) is 22.8 Å². The van der Waals surface area contributed by atoms with Gasteiger partial charge in [0.15, 0.2) is 0 Å². The molecule has 0 aliphatic carbocycles. The van der Waals surface area contributed by atoms with Crippen LogP contribution in [0.2, 0.25) is 0 Å². The SMILES string of the molecule is N#CCc1nnn2cc(Br)ccc12. The van der Waals surface area contributed by atoms with Crippen LogP contribution in [0.4, 0.5) is 0 Å². The lowest BCUT2D eigenvalue weighted by Crippen LogP contribution is -1.86. The first-order chi connectivity index (χ1) is 6.31. The fraction of sp³-hybridized carbons (Fsp3) is 0.125. The molecule has 0 aromatic carbocycles. The molecule has 0 spiro atoms. The average molecular weight is 237 g/mol. The Balaban J connectivity index is 2.63. The fourth-order valence-corrected chi connectivity index (χ4v) is 1.45. The predicted molar refractivity (Wildman–Crippen MR) is 50.0 cm³/mol. The van der Waals surface area contributed by atoms with E-state index in [1.165, 1.54) is 0 Å². The van der Waals surface area contributed by atoms with Gasteiger partial charge in [0.05, 0.1) is 18.0 Å². The highest BCUT2D eigenvalue weighted by Gasteiger charge is 2.04. The van der Waals surface area contributed by atoms with Crippen molar-refractivity contribution in [2.45, 2.75) is 6.42 Å². The number of rotatable bonds is 1. The van der Waals surface area contributed by atoms with Gasteiger partial charge in [0, 0.05) is 10.7 Å². The van der Waals surface area contributed by atoms with Crippen molar-refractivity contribution in [3.63, 3.8) is 0 Å². The molecular formula is C8H5BrN4. The van der Waals surface area contributed by atoms with Crippen LogP contribution >= 0.6 is 15.9 Å². The first-order valence-corrected chi connectivity index (χ1v) is 4.47. The number of hydrogen-bond donors (Lipinski definition) is 0. The predicted octanol–water partition coefficient (Wildman–Crippen LogP) is 1.56. The Bertz CT molecular complexity index is 482. The van der Waals surface area contributed by atoms with E-state index in [1.54, 1.807) is 4.52 Å². The molecule has 0 aliphatic heterocycles. The highest BCUT2D eigenvalue weighted by molar-refractivity contribution is 9.10. The maximum absolute atomic E-state index is 8.52. The smallest absolute Gasteiger partial charge is 0.105 e. The van der Waals surface area contributed by atoms with Crippen molar-refractivity contribution in [3.05, 3.63) is 28.5 Å². The fourth-order valence-electron chi connectivity index (χ4n) is 1.12. The summed E-state index contributed by atoms with van der Waals surface area (Å²) in [6.07, 6.45) is 2.11. The second-order valence-corrected chi connectivity index (χ2v) is 3.46. The molecule has 0 fully saturated rings. The number of nitrogens with zero attached hydrogens (tertiary/aromatic N) is 4. The van der Waals surface area contributed by atoms with Crippen LogP contribution in [0, 0.1) is 11.3 Å². The van der Waals surface area contributed by atoms with Crippen molar-refractivity contribution < 1.29 is 0 Å². The summed E-state index contributed by atoms with van der Waals surface area (Å²) in [5, 5.41) is 16.3. The molecule has 0 amide bonds. The number of pyridine rings is 1. The van der Waals surface area contributed by atoms with Crippen LogP contribution < -0.4 is 0 Å². The summed E-state index contributed by atoms with van der Waals surface area (Å²) in [6.45, 7) is 0. The molecular weight excluding hydrogens is 232 g/mol. The van der Waals surface area contributed by atoms with E-state index in [0.717, 1.165) is 15.7 Å². The quantitative estimate of drug-likeness (QED) is 0.756. The first-order valence-electron chi connectivity index (χ1n) is 3.67. The van der Waals surface area contributed by atoms with Gasteiger partial charge in [-0.2, -0.15) is 5.26 Å². The molecule has 2 heterocycles. The van der Waals surface area contributed by atoms with E-state index in [2.05, 4.69) is 26.2 Å². The van der Waals surface area contributed by atoms with Crippen LogP contribution in [-0.2, 0) is 6.42 Å². The van der Waals surface area contributed by atoms with Gasteiger partial charge in [0.2, 0.25) is 0 Å². The minimum absolute atomic E-state index is 0.297. The molecule has 2 aromatic heterocycles. The summed E-state index contributed by atoms with van der Waals surface area (Å²) in [4.78, 5) is 0. The molecule has 0 aliphatic rings. The summed E-state index contributed by atoms with van der Waals surface area (Å²) in [7, 11) is 0. The van der Waals surface area contributed by atoms with Crippen molar-refractivity contribution in [1.82, 2.24) is 14.8 Å². The maximum atomic E-state index is 8.52. The minimum atomic E-state index is 0.297. The molecule has 0 saturated heterocycles. The van der Waals surface area contributed by atoms with Crippen LogP contribution in [0.3, 0.4) is 0 Å². The highest BCUT2D eigenvalue weighted by Crippen LogP contribution is 2.13. The van der Waals surface area contributed by atoms with E-state index >= 15 is 0 Å². The van der Waals surface area contributed by atoms with Gasteiger partial charge in [-0.3, -0.25) is 0 Å². The zero-order chi connectivity index (χ0) is 9.26. The molecule has 13 heavy (non-hydrogen) atoms. The Morgan fingerprint density at radius 2 is 2.38 bits per heavy atom. The van der Waals surface area contributed by atoms with Crippen molar-refractivity contribution in [2.75, 3.05) is 0 Å². The molecule has 64 valence electrons. The topological polar surface area (TPSA) is 54.0 Å². The van der Waals surface area contributed by atoms with Gasteiger partial charge in [0.25, 0.3) is 0 Å². The summed E-state index contributed by atoms with van der Waals surface area (Å²) >= 11 is 3.33. The summed E-state index contributed by atoms with van der Waals surface area (Å²) in [6, 6.07) is 5.84. The summed E-state index contributed by atoms with van der Waals surface area (Å²) in [5.41, 5.74) is 1.60. The third kappa shape index (κ3) is 1.40.